The van der Waals surface area contributed by atoms with Gasteiger partial charge >= 0.3 is 17.9 Å². The third-order valence-electron chi connectivity index (χ3n) is 13.2. The summed E-state index contributed by atoms with van der Waals surface area (Å²) in [7, 11) is 6.68. The number of anilines is 3. The van der Waals surface area contributed by atoms with Crippen molar-refractivity contribution >= 4 is 79.5 Å². The highest BCUT2D eigenvalue weighted by Crippen LogP contribution is 2.38. The van der Waals surface area contributed by atoms with E-state index in [2.05, 4.69) is 25.6 Å². The van der Waals surface area contributed by atoms with Crippen LogP contribution in [0.2, 0.25) is 0 Å². The zero-order valence-corrected chi connectivity index (χ0v) is 47.5. The molecule has 17 nitrogen and oxygen atoms in total. The lowest BCUT2D eigenvalue weighted by molar-refractivity contribution is -0.119. The predicted molar refractivity (Wildman–Crippen MR) is 313 cm³/mol. The van der Waals surface area contributed by atoms with E-state index in [0.717, 1.165) is 33.4 Å². The molecule has 9 rings (SSSR count). The number of phenolic OH excluding ortho intramolecular Hbond substituents is 1. The molecule has 434 valence electrons. The summed E-state index contributed by atoms with van der Waals surface area (Å²) in [5.74, 6) is -3.44. The molecule has 2 amide bonds. The standard InChI is InChI=1S/C23H23FN2O4.C22H21FN2O4.C19H17FN2O3/c1-13(2)22(27)26-19-11-18(23(28)30-4)21(29-3)20-17(19)10-15(12-25-20)9-14-5-7-16(24)8-6-14;1-12(2)21(27)25-18-10-17(22(28)29-3)20(26)19-16(18)9-14(11-24-19)8-13-4-6-15(23)7-5-13;1-24-18-15(19(23)25-2)9-16(21)14-8-12(10-22-17(14)18)7-11-3-5-13(20)6-4-11/h5-8,10-13H,9H2,1-4H3,(H,26,27);4-7,9-12,26H,8H2,1-3H3,(H,25,27);3-6,8-10H,7,21H2,1-2H3. The number of nitrogen functional groups attached to an aromatic ring is 1. The fourth-order valence-corrected chi connectivity index (χ4v) is 8.73. The first-order chi connectivity index (χ1) is 40.2. The predicted octanol–water partition coefficient (Wildman–Crippen LogP) is 11.7. The highest BCUT2D eigenvalue weighted by Gasteiger charge is 2.24. The monoisotopic (exact) mass is 1150 g/mol. The Labute approximate surface area is 481 Å². The molecule has 5 N–H and O–H groups in total. The van der Waals surface area contributed by atoms with Crippen LogP contribution in [0, 0.1) is 29.3 Å². The first-order valence-electron chi connectivity index (χ1n) is 26.2. The van der Waals surface area contributed by atoms with E-state index in [9.17, 15) is 42.3 Å². The number of aromatic hydroxyl groups is 1. The van der Waals surface area contributed by atoms with Gasteiger partial charge in [-0.2, -0.15) is 0 Å². The molecular weight excluding hydrogens is 1090 g/mol. The van der Waals surface area contributed by atoms with Crippen molar-refractivity contribution in [3.8, 4) is 17.2 Å². The number of aromatic nitrogens is 3. The van der Waals surface area contributed by atoms with Crippen LogP contribution in [0.3, 0.4) is 0 Å². The van der Waals surface area contributed by atoms with Gasteiger partial charge in [0.15, 0.2) is 17.2 Å². The summed E-state index contributed by atoms with van der Waals surface area (Å²) in [4.78, 5) is 74.0. The molecule has 0 aliphatic heterocycles. The highest BCUT2D eigenvalue weighted by atomic mass is 19.1. The number of rotatable bonds is 15. The number of ether oxygens (including phenoxy) is 5. The number of phenols is 1. The van der Waals surface area contributed by atoms with Crippen LogP contribution in [-0.2, 0) is 43.1 Å². The molecular formula is C64H61F3N6O11. The summed E-state index contributed by atoms with van der Waals surface area (Å²) >= 11 is 0. The van der Waals surface area contributed by atoms with Gasteiger partial charge in [-0.1, -0.05) is 64.1 Å². The number of carbonyl (C=O) groups excluding carboxylic acids is 5. The minimum Gasteiger partial charge on any atom is -0.505 e. The molecule has 0 saturated heterocycles. The van der Waals surface area contributed by atoms with Crippen molar-refractivity contribution in [3.63, 3.8) is 0 Å². The van der Waals surface area contributed by atoms with E-state index < -0.39 is 17.9 Å². The Morgan fingerprint density at radius 1 is 0.464 bits per heavy atom. The number of amides is 2. The summed E-state index contributed by atoms with van der Waals surface area (Å²) in [5.41, 5.74) is 14.1. The van der Waals surface area contributed by atoms with Crippen LogP contribution in [0.15, 0.2) is 128 Å². The van der Waals surface area contributed by atoms with Crippen molar-refractivity contribution < 1.29 is 65.9 Å². The molecule has 0 fully saturated rings. The highest BCUT2D eigenvalue weighted by molar-refractivity contribution is 6.10. The van der Waals surface area contributed by atoms with Gasteiger partial charge in [-0.05, 0) is 125 Å². The second kappa shape index (κ2) is 27.6. The maximum atomic E-state index is 13.2. The topological polar surface area (TPSA) is 240 Å². The van der Waals surface area contributed by atoms with E-state index >= 15 is 0 Å². The Hall–Kier alpha value is -10.1. The SMILES string of the molecule is COC(=O)c1cc(N)c2cc(Cc3ccc(F)cc3)cnc2c1OC.COC(=O)c1cc(NC(=O)C(C)C)c2cc(Cc3ccc(F)cc3)cnc2c1O.COC(=O)c1cc(NC(=O)C(C)C)c2cc(Cc3ccc(F)cc3)cnc2c1OC. The molecule has 6 aromatic carbocycles. The Kier molecular flexibility index (Phi) is 20.2. The Morgan fingerprint density at radius 2 is 0.786 bits per heavy atom. The molecule has 0 spiro atoms. The summed E-state index contributed by atoms with van der Waals surface area (Å²) < 4.78 is 64.5. The molecule has 3 heterocycles. The average molecular weight is 1150 g/mol. The largest absolute Gasteiger partial charge is 0.505 e. The number of hydrogen-bond donors (Lipinski definition) is 4. The number of pyridine rings is 3. The third-order valence-corrected chi connectivity index (χ3v) is 13.2. The lowest BCUT2D eigenvalue weighted by Gasteiger charge is -2.16. The van der Waals surface area contributed by atoms with Crippen molar-refractivity contribution in [1.29, 1.82) is 0 Å². The summed E-state index contributed by atoms with van der Waals surface area (Å²) in [6.45, 7) is 7.05. The van der Waals surface area contributed by atoms with Crippen LogP contribution in [-0.4, -0.2) is 85.3 Å². The maximum Gasteiger partial charge on any atom is 0.341 e. The summed E-state index contributed by atoms with van der Waals surface area (Å²) in [5, 5.41) is 18.0. The second-order valence-corrected chi connectivity index (χ2v) is 19.8. The Bertz CT molecular complexity index is 3920. The number of fused-ring (bicyclic) bond motifs is 3. The minimum atomic E-state index is -0.735. The Balaban J connectivity index is 0.000000182. The lowest BCUT2D eigenvalue weighted by Crippen LogP contribution is -2.18. The van der Waals surface area contributed by atoms with Crippen LogP contribution in [0.25, 0.3) is 32.7 Å². The van der Waals surface area contributed by atoms with Crippen molar-refractivity contribution in [2.45, 2.75) is 47.0 Å². The fourth-order valence-electron chi connectivity index (χ4n) is 8.73. The molecule has 9 aromatic rings. The normalized spacial score (nSPS) is 10.8. The van der Waals surface area contributed by atoms with Gasteiger partial charge in [0, 0.05) is 52.3 Å². The van der Waals surface area contributed by atoms with Crippen molar-refractivity contribution in [2.75, 3.05) is 51.9 Å². The van der Waals surface area contributed by atoms with E-state index in [0.29, 0.717) is 69.3 Å². The van der Waals surface area contributed by atoms with E-state index in [1.165, 1.54) is 90.1 Å². The molecule has 84 heavy (non-hydrogen) atoms. The fraction of sp³-hybridized carbons (Fsp3) is 0.219. The van der Waals surface area contributed by atoms with Crippen LogP contribution in [0.4, 0.5) is 30.2 Å². The van der Waals surface area contributed by atoms with Gasteiger partial charge in [-0.3, -0.25) is 24.5 Å². The van der Waals surface area contributed by atoms with Gasteiger partial charge < -0.3 is 45.2 Å². The van der Waals surface area contributed by atoms with Gasteiger partial charge in [0.25, 0.3) is 0 Å². The van der Waals surface area contributed by atoms with Gasteiger partial charge in [0.2, 0.25) is 11.8 Å². The van der Waals surface area contributed by atoms with Gasteiger partial charge in [-0.15, -0.1) is 0 Å². The zero-order chi connectivity index (χ0) is 60.9. The third kappa shape index (κ3) is 14.7. The number of methoxy groups -OCH3 is 5. The van der Waals surface area contributed by atoms with Gasteiger partial charge in [0.05, 0.1) is 46.9 Å². The summed E-state index contributed by atoms with van der Waals surface area (Å²) in [6.07, 6.45) is 6.53. The van der Waals surface area contributed by atoms with Crippen molar-refractivity contribution in [3.05, 3.63) is 195 Å². The quantitative estimate of drug-likeness (QED) is 0.0323. The minimum absolute atomic E-state index is 0.0853. The number of nitrogens with one attached hydrogen (secondary N) is 2. The van der Waals surface area contributed by atoms with Crippen LogP contribution in [0.1, 0.15) is 92.1 Å². The van der Waals surface area contributed by atoms with E-state index in [1.54, 1.807) is 88.8 Å². The van der Waals surface area contributed by atoms with Crippen LogP contribution < -0.4 is 25.8 Å². The molecule has 0 radical (unpaired) electrons. The number of nitrogens with zero attached hydrogens (tertiary/aromatic N) is 3. The number of benzene rings is 6. The van der Waals surface area contributed by atoms with Gasteiger partial charge in [0.1, 0.15) is 50.7 Å². The molecule has 20 heteroatoms. The number of carbonyl (C=O) groups is 5. The number of halogens is 3. The average Bonchev–Trinajstić information content (AvgIpc) is 1.90. The molecule has 0 aliphatic rings. The van der Waals surface area contributed by atoms with Crippen molar-refractivity contribution in [2.24, 2.45) is 11.8 Å². The van der Waals surface area contributed by atoms with Crippen LogP contribution >= 0.6 is 0 Å². The van der Waals surface area contributed by atoms with E-state index in [4.69, 9.17) is 29.4 Å². The lowest BCUT2D eigenvalue weighted by atomic mass is 10.0. The zero-order valence-electron chi connectivity index (χ0n) is 47.5. The molecule has 0 unspecified atom stereocenters. The molecule has 0 saturated carbocycles. The number of esters is 3. The van der Waals surface area contributed by atoms with E-state index in [-0.39, 0.29) is 74.8 Å². The summed E-state index contributed by atoms with van der Waals surface area (Å²) in [6, 6.07) is 28.6. The first kappa shape index (κ1) is 61.5. The van der Waals surface area contributed by atoms with Crippen molar-refractivity contribution in [1.82, 2.24) is 15.0 Å². The number of nitrogens with two attached hydrogens (primary N) is 1. The smallest absolute Gasteiger partial charge is 0.341 e. The molecule has 0 aliphatic carbocycles. The Morgan fingerprint density at radius 3 is 1.15 bits per heavy atom. The van der Waals surface area contributed by atoms with Gasteiger partial charge in [-0.25, -0.2) is 27.6 Å². The van der Waals surface area contributed by atoms with Crippen LogP contribution in [0.5, 0.6) is 17.2 Å². The first-order valence-corrected chi connectivity index (χ1v) is 26.2. The number of hydrogen-bond acceptors (Lipinski definition) is 15. The van der Waals surface area contributed by atoms with E-state index in [1.807, 2.05) is 12.1 Å². The second-order valence-electron chi connectivity index (χ2n) is 19.8. The molecule has 0 atom stereocenters. The molecule has 3 aromatic heterocycles. The maximum absolute atomic E-state index is 13.2. The molecule has 0 bridgehead atoms.